The first-order valence-corrected chi connectivity index (χ1v) is 8.64. The van der Waals surface area contributed by atoms with Crippen LogP contribution in [0.5, 0.6) is 0 Å². The molecule has 0 aliphatic carbocycles. The third-order valence-electron chi connectivity index (χ3n) is 4.23. The van der Waals surface area contributed by atoms with Crippen molar-refractivity contribution in [2.45, 2.75) is 59.5 Å². The number of amides is 1. The van der Waals surface area contributed by atoms with Crippen LogP contribution in [-0.2, 0) is 30.9 Å². The molecule has 5 heteroatoms. The van der Waals surface area contributed by atoms with Crippen molar-refractivity contribution in [1.82, 2.24) is 10.2 Å². The summed E-state index contributed by atoms with van der Waals surface area (Å²) in [4.78, 5) is 14.0. The number of nitrogens with zero attached hydrogens (tertiary/aromatic N) is 1. The second-order valence-electron chi connectivity index (χ2n) is 7.57. The summed E-state index contributed by atoms with van der Waals surface area (Å²) in [5, 5.41) is 3.40. The van der Waals surface area contributed by atoms with Gasteiger partial charge in [0.25, 0.3) is 0 Å². The van der Waals surface area contributed by atoms with Crippen LogP contribution in [0, 0.1) is 6.92 Å². The molecule has 0 spiro atoms. The molecule has 0 saturated carbocycles. The maximum atomic E-state index is 12.2. The van der Waals surface area contributed by atoms with Gasteiger partial charge in [-0.3, -0.25) is 4.90 Å². The molecular weight excluding hydrogens is 316 g/mol. The highest BCUT2D eigenvalue weighted by Gasteiger charge is 2.27. The number of hydrogen-bond donors (Lipinski definition) is 1. The predicted octanol–water partition coefficient (Wildman–Crippen LogP) is 4.13. The Morgan fingerprint density at radius 2 is 1.96 bits per heavy atom. The number of carbonyl (C=O) groups is 1. The molecule has 134 valence electrons. The fourth-order valence-corrected chi connectivity index (χ4v) is 2.92. The minimum absolute atomic E-state index is 0.253. The Bertz CT molecular complexity index is 759. The first-order valence-electron chi connectivity index (χ1n) is 8.64. The van der Waals surface area contributed by atoms with Crippen molar-refractivity contribution >= 4 is 6.09 Å². The van der Waals surface area contributed by atoms with Gasteiger partial charge in [0.15, 0.2) is 0 Å². The molecule has 1 N–H and O–H groups in total. The zero-order valence-corrected chi connectivity index (χ0v) is 15.4. The van der Waals surface area contributed by atoms with Crippen molar-refractivity contribution in [2.75, 3.05) is 0 Å². The van der Waals surface area contributed by atoms with Crippen molar-refractivity contribution in [2.24, 2.45) is 0 Å². The molecule has 1 aromatic carbocycles. The van der Waals surface area contributed by atoms with E-state index in [4.69, 9.17) is 9.15 Å². The molecule has 25 heavy (non-hydrogen) atoms. The number of benzene rings is 1. The first kappa shape index (κ1) is 17.5. The number of aryl methyl sites for hydroxylation is 1. The number of hydrogen-bond acceptors (Lipinski definition) is 4. The molecular formula is C20H26N2O3. The minimum Gasteiger partial charge on any atom is -0.468 e. The average Bonchev–Trinajstić information content (AvgIpc) is 3.12. The molecule has 1 aromatic heterocycles. The van der Waals surface area contributed by atoms with E-state index in [2.05, 4.69) is 23.5 Å². The van der Waals surface area contributed by atoms with Gasteiger partial charge in [0.1, 0.15) is 11.4 Å². The molecule has 2 heterocycles. The van der Waals surface area contributed by atoms with Gasteiger partial charge in [-0.25, -0.2) is 4.79 Å². The van der Waals surface area contributed by atoms with E-state index < -0.39 is 5.60 Å². The smallest absolute Gasteiger partial charge is 0.410 e. The van der Waals surface area contributed by atoms with E-state index in [1.54, 1.807) is 11.2 Å². The van der Waals surface area contributed by atoms with Gasteiger partial charge in [0.2, 0.25) is 0 Å². The Morgan fingerprint density at radius 1 is 1.20 bits per heavy atom. The quantitative estimate of drug-likeness (QED) is 0.908. The number of rotatable bonds is 4. The van der Waals surface area contributed by atoms with E-state index in [1.165, 1.54) is 16.7 Å². The summed E-state index contributed by atoms with van der Waals surface area (Å²) < 4.78 is 10.9. The molecule has 0 fully saturated rings. The Balaban J connectivity index is 1.56. The monoisotopic (exact) mass is 342 g/mol. The second kappa shape index (κ2) is 6.92. The predicted molar refractivity (Wildman–Crippen MR) is 95.9 cm³/mol. The zero-order chi connectivity index (χ0) is 18.0. The summed E-state index contributed by atoms with van der Waals surface area (Å²) in [6.45, 7) is 10.4. The Kier molecular flexibility index (Phi) is 4.86. The van der Waals surface area contributed by atoms with Crippen LogP contribution >= 0.6 is 0 Å². The SMILES string of the molecule is Cc1ccoc1CNCc1ccc2c(c1)CN(C(=O)OC(C)(C)C)C2. The molecule has 1 amide bonds. The normalized spacial score (nSPS) is 13.8. The van der Waals surface area contributed by atoms with Gasteiger partial charge < -0.3 is 14.5 Å². The van der Waals surface area contributed by atoms with E-state index in [1.807, 2.05) is 33.8 Å². The van der Waals surface area contributed by atoms with Crippen LogP contribution < -0.4 is 5.32 Å². The lowest BCUT2D eigenvalue weighted by molar-refractivity contribution is 0.0242. The number of furan rings is 1. The van der Waals surface area contributed by atoms with Crippen LogP contribution in [0.15, 0.2) is 34.9 Å². The summed E-state index contributed by atoms with van der Waals surface area (Å²) in [6, 6.07) is 8.35. The van der Waals surface area contributed by atoms with E-state index >= 15 is 0 Å². The summed E-state index contributed by atoms with van der Waals surface area (Å²) >= 11 is 0. The van der Waals surface area contributed by atoms with Crippen molar-refractivity contribution in [3.05, 3.63) is 58.5 Å². The number of carbonyl (C=O) groups excluding carboxylic acids is 1. The molecule has 3 rings (SSSR count). The first-order chi connectivity index (χ1) is 11.8. The van der Waals surface area contributed by atoms with Crippen LogP contribution in [0.4, 0.5) is 4.79 Å². The standard InChI is InChI=1S/C20H26N2O3/c1-14-7-8-24-18(14)11-21-10-15-5-6-16-12-22(13-17(16)9-15)19(23)25-20(2,3)4/h5-9,21H,10-13H2,1-4H3. The molecule has 0 bridgehead atoms. The van der Waals surface area contributed by atoms with E-state index in [0.29, 0.717) is 19.6 Å². The van der Waals surface area contributed by atoms with E-state index in [9.17, 15) is 4.79 Å². The lowest BCUT2D eigenvalue weighted by atomic mass is 10.1. The van der Waals surface area contributed by atoms with Gasteiger partial charge in [-0.15, -0.1) is 0 Å². The second-order valence-corrected chi connectivity index (χ2v) is 7.57. The highest BCUT2D eigenvalue weighted by molar-refractivity contribution is 5.69. The molecule has 1 aliphatic rings. The fourth-order valence-electron chi connectivity index (χ4n) is 2.92. The maximum Gasteiger partial charge on any atom is 0.410 e. The molecule has 0 radical (unpaired) electrons. The van der Waals surface area contributed by atoms with Gasteiger partial charge in [-0.1, -0.05) is 18.2 Å². The summed E-state index contributed by atoms with van der Waals surface area (Å²) in [7, 11) is 0. The van der Waals surface area contributed by atoms with Crippen LogP contribution in [0.2, 0.25) is 0 Å². The topological polar surface area (TPSA) is 54.7 Å². The lowest BCUT2D eigenvalue weighted by Crippen LogP contribution is -2.33. The number of nitrogens with one attached hydrogen (secondary N) is 1. The van der Waals surface area contributed by atoms with Crippen molar-refractivity contribution in [3.8, 4) is 0 Å². The van der Waals surface area contributed by atoms with Crippen LogP contribution in [-0.4, -0.2) is 16.6 Å². The van der Waals surface area contributed by atoms with E-state index in [-0.39, 0.29) is 6.09 Å². The molecule has 0 saturated heterocycles. The summed E-state index contributed by atoms with van der Waals surface area (Å²) in [5.74, 6) is 0.970. The Labute approximate surface area is 149 Å². The highest BCUT2D eigenvalue weighted by atomic mass is 16.6. The van der Waals surface area contributed by atoms with Gasteiger partial charge in [0.05, 0.1) is 12.8 Å². The van der Waals surface area contributed by atoms with Crippen molar-refractivity contribution in [3.63, 3.8) is 0 Å². The van der Waals surface area contributed by atoms with Crippen LogP contribution in [0.3, 0.4) is 0 Å². The average molecular weight is 342 g/mol. The highest BCUT2D eigenvalue weighted by Crippen LogP contribution is 2.25. The number of fused-ring (bicyclic) bond motifs is 1. The zero-order valence-electron chi connectivity index (χ0n) is 15.4. The number of ether oxygens (including phenoxy) is 1. The molecule has 0 atom stereocenters. The molecule has 5 nitrogen and oxygen atoms in total. The van der Waals surface area contributed by atoms with Crippen molar-refractivity contribution < 1.29 is 13.9 Å². The molecule has 2 aromatic rings. The van der Waals surface area contributed by atoms with Gasteiger partial charge in [-0.2, -0.15) is 0 Å². The van der Waals surface area contributed by atoms with E-state index in [0.717, 1.165) is 17.9 Å². The van der Waals surface area contributed by atoms with Gasteiger partial charge in [0, 0.05) is 19.6 Å². The van der Waals surface area contributed by atoms with Crippen LogP contribution in [0.1, 0.15) is 48.8 Å². The Hall–Kier alpha value is -2.27. The van der Waals surface area contributed by atoms with Crippen LogP contribution in [0.25, 0.3) is 0 Å². The van der Waals surface area contributed by atoms with Gasteiger partial charge in [-0.05, 0) is 56.0 Å². The molecule has 1 aliphatic heterocycles. The third-order valence-corrected chi connectivity index (χ3v) is 4.23. The lowest BCUT2D eigenvalue weighted by Gasteiger charge is -2.24. The fraction of sp³-hybridized carbons (Fsp3) is 0.450. The molecule has 0 unspecified atom stereocenters. The third kappa shape index (κ3) is 4.42. The maximum absolute atomic E-state index is 12.2. The minimum atomic E-state index is -0.467. The summed E-state index contributed by atoms with van der Waals surface area (Å²) in [6.07, 6.45) is 1.46. The summed E-state index contributed by atoms with van der Waals surface area (Å²) in [5.41, 5.74) is 4.28. The Morgan fingerprint density at radius 3 is 2.64 bits per heavy atom. The largest absolute Gasteiger partial charge is 0.468 e. The van der Waals surface area contributed by atoms with Crippen molar-refractivity contribution in [1.29, 1.82) is 0 Å². The van der Waals surface area contributed by atoms with Gasteiger partial charge >= 0.3 is 6.09 Å².